The predicted molar refractivity (Wildman–Crippen MR) is 152 cm³/mol. The van der Waals surface area contributed by atoms with E-state index in [1.807, 2.05) is 13.8 Å². The van der Waals surface area contributed by atoms with E-state index in [9.17, 15) is 0 Å². The lowest BCUT2D eigenvalue weighted by Gasteiger charge is -2.18. The van der Waals surface area contributed by atoms with Gasteiger partial charge in [-0.2, -0.15) is 0 Å². The fraction of sp³-hybridized carbons (Fsp3) is 0.333. The second-order valence-electron chi connectivity index (χ2n) is 12.5. The Balaban J connectivity index is 1.85. The van der Waals surface area contributed by atoms with Crippen LogP contribution in [0.2, 0.25) is 0 Å². The molecule has 0 aliphatic carbocycles. The van der Waals surface area contributed by atoms with E-state index in [1.165, 1.54) is 65.7 Å². The number of nitrogens with zero attached hydrogens (tertiary/aromatic N) is 3. The van der Waals surface area contributed by atoms with Crippen LogP contribution in [0.1, 0.15) is 51.3 Å². The molecule has 0 saturated heterocycles. The van der Waals surface area contributed by atoms with Gasteiger partial charge < -0.3 is 9.25 Å². The second-order valence-corrected chi connectivity index (χ2v) is 12.5. The summed E-state index contributed by atoms with van der Waals surface area (Å²) < 4.78 is 4.80. The lowest BCUT2D eigenvalue weighted by Crippen LogP contribution is -2.29. The molecule has 0 fully saturated rings. The summed E-state index contributed by atoms with van der Waals surface area (Å²) >= 11 is 0. The van der Waals surface area contributed by atoms with Crippen LogP contribution in [0.4, 0.5) is 0 Å². The van der Waals surface area contributed by atoms with Crippen molar-refractivity contribution in [2.24, 2.45) is 12.5 Å². The first-order chi connectivity index (χ1) is 17.0. The lowest BCUT2D eigenvalue weighted by atomic mass is 9.88. The first-order valence-electron chi connectivity index (χ1n) is 12.9. The van der Waals surface area contributed by atoms with Crippen LogP contribution in [0.5, 0.6) is 0 Å². The van der Waals surface area contributed by atoms with Crippen LogP contribution in [0.3, 0.4) is 0 Å². The minimum Gasteiger partial charge on any atom is -0.311 e. The van der Waals surface area contributed by atoms with E-state index >= 15 is 0 Å². The Morgan fingerprint density at radius 3 is 2.28 bits per heavy atom. The Kier molecular flexibility index (Phi) is 4.71. The number of aromatic nitrogens is 2. The van der Waals surface area contributed by atoms with Gasteiger partial charge in [-0.1, -0.05) is 51.1 Å². The van der Waals surface area contributed by atoms with Crippen LogP contribution in [-0.2, 0) is 19.9 Å². The van der Waals surface area contributed by atoms with Crippen molar-refractivity contribution in [1.29, 1.82) is 0 Å². The SMILES string of the molecule is [C-]#[N+]C(C)(C)Cc1cc2cc[n+](C)c3c4c(C)ccc5c6ccc(CC(C)(C)C)cc6n(c(c1)c23)c54. The maximum absolute atomic E-state index is 7.70. The highest BCUT2D eigenvalue weighted by Crippen LogP contribution is 2.41. The fourth-order valence-electron chi connectivity index (χ4n) is 6.18. The van der Waals surface area contributed by atoms with Crippen LogP contribution in [0, 0.1) is 18.9 Å². The Bertz CT molecular complexity index is 1870. The molecule has 3 aromatic carbocycles. The van der Waals surface area contributed by atoms with Crippen molar-refractivity contribution in [3.63, 3.8) is 0 Å². The van der Waals surface area contributed by atoms with Crippen molar-refractivity contribution < 1.29 is 4.57 Å². The number of pyridine rings is 2. The van der Waals surface area contributed by atoms with Gasteiger partial charge in [-0.3, -0.25) is 0 Å². The fourth-order valence-corrected chi connectivity index (χ4v) is 6.18. The molecule has 3 nitrogen and oxygen atoms in total. The first-order valence-corrected chi connectivity index (χ1v) is 12.9. The summed E-state index contributed by atoms with van der Waals surface area (Å²) in [6, 6.07) is 18.5. The minimum atomic E-state index is -0.431. The highest BCUT2D eigenvalue weighted by Gasteiger charge is 2.27. The molecule has 6 rings (SSSR count). The third kappa shape index (κ3) is 3.35. The summed E-state index contributed by atoms with van der Waals surface area (Å²) in [6.45, 7) is 20.9. The largest absolute Gasteiger partial charge is 0.311 e. The van der Waals surface area contributed by atoms with E-state index in [2.05, 4.69) is 103 Å². The molecule has 0 N–H and O–H groups in total. The van der Waals surface area contributed by atoms with Gasteiger partial charge in [-0.25, -0.2) is 11.1 Å². The Morgan fingerprint density at radius 1 is 0.833 bits per heavy atom. The van der Waals surface area contributed by atoms with Gasteiger partial charge in [0.1, 0.15) is 7.05 Å². The van der Waals surface area contributed by atoms with Gasteiger partial charge in [-0.05, 0) is 53.0 Å². The van der Waals surface area contributed by atoms with Crippen molar-refractivity contribution in [2.45, 2.75) is 59.9 Å². The topological polar surface area (TPSA) is 12.7 Å². The van der Waals surface area contributed by atoms with Crippen LogP contribution >= 0.6 is 0 Å². The summed E-state index contributed by atoms with van der Waals surface area (Å²) in [5, 5.41) is 6.48. The van der Waals surface area contributed by atoms with E-state index in [4.69, 9.17) is 6.57 Å². The number of rotatable bonds is 3. The Hall–Kier alpha value is -3.64. The zero-order valence-corrected chi connectivity index (χ0v) is 22.5. The zero-order valence-electron chi connectivity index (χ0n) is 22.5. The van der Waals surface area contributed by atoms with E-state index in [0.717, 1.165) is 12.8 Å². The molecule has 0 bridgehead atoms. The number of aryl methyl sites for hydroxylation is 2. The van der Waals surface area contributed by atoms with Gasteiger partial charge in [0.25, 0.3) is 0 Å². The number of hydrogen-bond donors (Lipinski definition) is 0. The van der Waals surface area contributed by atoms with Gasteiger partial charge in [0.15, 0.2) is 6.20 Å². The standard InChI is InChI=1S/C33H34N3/c1-20-9-11-25-24-12-10-21(18-32(2,3)4)16-26(24)36-27-17-22(19-33(5,6)34-7)15-23-13-14-35(8)31(29(23)27)28(20)30(25)36/h9-17H,18-19H2,1-6,8H3/q+1. The normalized spacial score (nSPS) is 13.1. The molecule has 36 heavy (non-hydrogen) atoms. The molecule has 3 heteroatoms. The summed E-state index contributed by atoms with van der Waals surface area (Å²) in [6.07, 6.45) is 3.95. The summed E-state index contributed by atoms with van der Waals surface area (Å²) in [5.74, 6) is 0. The molecule has 3 heterocycles. The quantitative estimate of drug-likeness (QED) is 0.107. The number of fused-ring (bicyclic) bond motifs is 5. The Morgan fingerprint density at radius 2 is 1.56 bits per heavy atom. The second kappa shape index (κ2) is 7.43. The number of hydrogen-bond acceptors (Lipinski definition) is 0. The average Bonchev–Trinajstić information content (AvgIpc) is 3.12. The maximum Gasteiger partial charge on any atom is 0.231 e. The van der Waals surface area contributed by atoms with Crippen molar-refractivity contribution in [3.8, 4) is 0 Å². The molecular weight excluding hydrogens is 438 g/mol. The third-order valence-electron chi connectivity index (χ3n) is 7.63. The van der Waals surface area contributed by atoms with Crippen molar-refractivity contribution in [3.05, 3.63) is 82.8 Å². The van der Waals surface area contributed by atoms with E-state index in [1.54, 1.807) is 0 Å². The van der Waals surface area contributed by atoms with E-state index in [-0.39, 0.29) is 5.41 Å². The van der Waals surface area contributed by atoms with Crippen molar-refractivity contribution >= 4 is 49.0 Å². The summed E-state index contributed by atoms with van der Waals surface area (Å²) in [5.41, 5.74) is 8.78. The van der Waals surface area contributed by atoms with Crippen LogP contribution in [-0.4, -0.2) is 9.94 Å². The van der Waals surface area contributed by atoms with Gasteiger partial charge in [0, 0.05) is 30.7 Å². The number of benzene rings is 3. The molecule has 3 aromatic heterocycles. The molecule has 0 aliphatic heterocycles. The van der Waals surface area contributed by atoms with Gasteiger partial charge in [-0.15, -0.1) is 0 Å². The van der Waals surface area contributed by atoms with Gasteiger partial charge >= 0.3 is 0 Å². The van der Waals surface area contributed by atoms with Crippen molar-refractivity contribution in [2.75, 3.05) is 0 Å². The van der Waals surface area contributed by atoms with Crippen molar-refractivity contribution in [1.82, 2.24) is 4.40 Å². The lowest BCUT2D eigenvalue weighted by molar-refractivity contribution is -0.643. The molecule has 0 spiro atoms. The molecule has 0 amide bonds. The molecule has 180 valence electrons. The third-order valence-corrected chi connectivity index (χ3v) is 7.63. The van der Waals surface area contributed by atoms with E-state index in [0.29, 0.717) is 0 Å². The predicted octanol–water partition coefficient (Wildman–Crippen LogP) is 7.95. The minimum absolute atomic E-state index is 0.224. The molecular formula is C33H34N3+. The summed E-state index contributed by atoms with van der Waals surface area (Å²) in [7, 11) is 2.16. The van der Waals surface area contributed by atoms with Gasteiger partial charge in [0.2, 0.25) is 11.1 Å². The zero-order chi connectivity index (χ0) is 25.6. The van der Waals surface area contributed by atoms with Crippen LogP contribution < -0.4 is 4.57 Å². The smallest absolute Gasteiger partial charge is 0.231 e. The van der Waals surface area contributed by atoms with Gasteiger partial charge in [0.05, 0.1) is 33.7 Å². The molecule has 0 aliphatic rings. The first kappa shape index (κ1) is 22.8. The molecule has 0 saturated carbocycles. The highest BCUT2D eigenvalue weighted by molar-refractivity contribution is 6.25. The van der Waals surface area contributed by atoms with Crippen LogP contribution in [0.25, 0.3) is 53.8 Å². The Labute approximate surface area is 213 Å². The summed E-state index contributed by atoms with van der Waals surface area (Å²) in [4.78, 5) is 3.91. The van der Waals surface area contributed by atoms with Crippen LogP contribution in [0.15, 0.2) is 54.7 Å². The average molecular weight is 473 g/mol. The highest BCUT2D eigenvalue weighted by atomic mass is 15.0. The monoisotopic (exact) mass is 472 g/mol. The molecule has 6 aromatic rings. The molecule has 0 unspecified atom stereocenters. The van der Waals surface area contributed by atoms with E-state index < -0.39 is 5.54 Å². The maximum atomic E-state index is 7.70. The molecule has 0 radical (unpaired) electrons. The molecule has 0 atom stereocenters.